The molecule has 0 radical (unpaired) electrons. The average molecular weight is 287 g/mol. The fraction of sp³-hybridized carbons (Fsp3) is 0.133. The summed E-state index contributed by atoms with van der Waals surface area (Å²) in [6.45, 7) is 2.45. The third-order valence-electron chi connectivity index (χ3n) is 2.69. The summed E-state index contributed by atoms with van der Waals surface area (Å²) in [6, 6.07) is 10.7. The van der Waals surface area contributed by atoms with Gasteiger partial charge in [-0.1, -0.05) is 0 Å². The molecule has 0 fully saturated rings. The zero-order chi connectivity index (χ0) is 15.2. The summed E-state index contributed by atoms with van der Waals surface area (Å²) >= 11 is 0. The maximum absolute atomic E-state index is 11.0. The molecule has 21 heavy (non-hydrogen) atoms. The standard InChI is InChI=1S/C15H13NO5/c1-2-20-13-4-6-14(7-5-13)21-15-8-3-12(16(18)19)9-11(15)10-17/h3-10H,2H2,1H3. The van der Waals surface area contributed by atoms with E-state index in [1.807, 2.05) is 6.92 Å². The molecule has 0 aliphatic heterocycles. The second kappa shape index (κ2) is 6.51. The SMILES string of the molecule is CCOc1ccc(Oc2ccc([N+](=O)[O-])cc2C=O)cc1. The van der Waals surface area contributed by atoms with E-state index >= 15 is 0 Å². The Bertz CT molecular complexity index is 652. The molecule has 0 saturated heterocycles. The van der Waals surface area contributed by atoms with Gasteiger partial charge in [-0.15, -0.1) is 0 Å². The summed E-state index contributed by atoms with van der Waals surface area (Å²) in [5.74, 6) is 1.49. The molecule has 2 rings (SSSR count). The van der Waals surface area contributed by atoms with E-state index in [9.17, 15) is 14.9 Å². The van der Waals surface area contributed by atoms with Crippen LogP contribution >= 0.6 is 0 Å². The molecule has 0 spiro atoms. The number of carbonyl (C=O) groups excluding carboxylic acids is 1. The smallest absolute Gasteiger partial charge is 0.270 e. The van der Waals surface area contributed by atoms with Crippen molar-refractivity contribution in [3.05, 3.63) is 58.1 Å². The van der Waals surface area contributed by atoms with Crippen molar-refractivity contribution in [2.24, 2.45) is 0 Å². The average Bonchev–Trinajstić information content (AvgIpc) is 2.49. The van der Waals surface area contributed by atoms with Gasteiger partial charge >= 0.3 is 0 Å². The first-order valence-corrected chi connectivity index (χ1v) is 6.28. The number of hydrogen-bond acceptors (Lipinski definition) is 5. The van der Waals surface area contributed by atoms with Crippen molar-refractivity contribution < 1.29 is 19.2 Å². The topological polar surface area (TPSA) is 78.7 Å². The molecule has 108 valence electrons. The summed E-state index contributed by atoms with van der Waals surface area (Å²) in [7, 11) is 0. The highest BCUT2D eigenvalue weighted by Crippen LogP contribution is 2.28. The van der Waals surface area contributed by atoms with Gasteiger partial charge in [-0.05, 0) is 37.3 Å². The second-order valence-electron chi connectivity index (χ2n) is 4.10. The van der Waals surface area contributed by atoms with Crippen LogP contribution in [-0.2, 0) is 0 Å². The van der Waals surface area contributed by atoms with Crippen LogP contribution in [0.4, 0.5) is 5.69 Å². The van der Waals surface area contributed by atoms with E-state index in [1.54, 1.807) is 24.3 Å². The number of benzene rings is 2. The summed E-state index contributed by atoms with van der Waals surface area (Å²) in [5, 5.41) is 10.7. The van der Waals surface area contributed by atoms with Crippen LogP contribution in [0, 0.1) is 10.1 Å². The summed E-state index contributed by atoms with van der Waals surface area (Å²) in [4.78, 5) is 21.1. The molecule has 0 saturated carbocycles. The molecule has 0 unspecified atom stereocenters. The van der Waals surface area contributed by atoms with Gasteiger partial charge in [-0.25, -0.2) is 0 Å². The fourth-order valence-corrected chi connectivity index (χ4v) is 1.73. The number of nitro benzene ring substituents is 1. The Kier molecular flexibility index (Phi) is 4.50. The summed E-state index contributed by atoms with van der Waals surface area (Å²) in [6.07, 6.45) is 0.525. The van der Waals surface area contributed by atoms with Gasteiger partial charge in [0.1, 0.15) is 17.2 Å². The molecular weight excluding hydrogens is 274 g/mol. The van der Waals surface area contributed by atoms with Crippen molar-refractivity contribution in [3.63, 3.8) is 0 Å². The monoisotopic (exact) mass is 287 g/mol. The number of ether oxygens (including phenoxy) is 2. The van der Waals surface area contributed by atoms with Gasteiger partial charge < -0.3 is 9.47 Å². The molecule has 0 aliphatic rings. The van der Waals surface area contributed by atoms with Gasteiger partial charge in [0.2, 0.25) is 0 Å². The van der Waals surface area contributed by atoms with Crippen LogP contribution in [0.3, 0.4) is 0 Å². The lowest BCUT2D eigenvalue weighted by molar-refractivity contribution is -0.384. The van der Waals surface area contributed by atoms with E-state index < -0.39 is 4.92 Å². The van der Waals surface area contributed by atoms with Gasteiger partial charge in [-0.3, -0.25) is 14.9 Å². The third kappa shape index (κ3) is 3.56. The molecule has 0 N–H and O–H groups in total. The van der Waals surface area contributed by atoms with Crippen molar-refractivity contribution in [2.75, 3.05) is 6.61 Å². The molecule has 2 aromatic rings. The molecule has 0 amide bonds. The first-order chi connectivity index (χ1) is 10.1. The van der Waals surface area contributed by atoms with E-state index in [0.717, 1.165) is 0 Å². The van der Waals surface area contributed by atoms with Crippen molar-refractivity contribution in [2.45, 2.75) is 6.92 Å². The Morgan fingerprint density at radius 2 is 1.81 bits per heavy atom. The zero-order valence-electron chi connectivity index (χ0n) is 11.3. The number of rotatable bonds is 6. The van der Waals surface area contributed by atoms with Gasteiger partial charge in [0.05, 0.1) is 17.1 Å². The predicted octanol–water partition coefficient (Wildman–Crippen LogP) is 3.60. The Labute approximate surface area is 121 Å². The third-order valence-corrected chi connectivity index (χ3v) is 2.69. The van der Waals surface area contributed by atoms with Crippen LogP contribution in [0.5, 0.6) is 17.2 Å². The molecule has 0 atom stereocenters. The number of nitro groups is 1. The molecule has 0 bridgehead atoms. The van der Waals surface area contributed by atoms with Crippen molar-refractivity contribution >= 4 is 12.0 Å². The minimum atomic E-state index is -0.562. The van der Waals surface area contributed by atoms with Crippen LogP contribution in [0.15, 0.2) is 42.5 Å². The maximum atomic E-state index is 11.0. The lowest BCUT2D eigenvalue weighted by Crippen LogP contribution is -1.94. The highest BCUT2D eigenvalue weighted by Gasteiger charge is 2.12. The zero-order valence-corrected chi connectivity index (χ0v) is 11.3. The lowest BCUT2D eigenvalue weighted by Gasteiger charge is -2.09. The largest absolute Gasteiger partial charge is 0.494 e. The Hall–Kier alpha value is -2.89. The van der Waals surface area contributed by atoms with Gasteiger partial charge in [0, 0.05) is 12.1 Å². The van der Waals surface area contributed by atoms with E-state index in [0.29, 0.717) is 24.4 Å². The number of non-ortho nitro benzene ring substituents is 1. The molecule has 6 nitrogen and oxygen atoms in total. The Balaban J connectivity index is 2.22. The van der Waals surface area contributed by atoms with Crippen LogP contribution in [0.1, 0.15) is 17.3 Å². The number of nitrogens with zero attached hydrogens (tertiary/aromatic N) is 1. The van der Waals surface area contributed by atoms with Crippen LogP contribution < -0.4 is 9.47 Å². The van der Waals surface area contributed by atoms with Crippen LogP contribution in [0.2, 0.25) is 0 Å². The number of carbonyl (C=O) groups is 1. The summed E-state index contributed by atoms with van der Waals surface area (Å²) in [5.41, 5.74) is -0.0331. The van der Waals surface area contributed by atoms with E-state index in [4.69, 9.17) is 9.47 Å². The van der Waals surface area contributed by atoms with Crippen molar-refractivity contribution in [1.29, 1.82) is 0 Å². The fourth-order valence-electron chi connectivity index (χ4n) is 1.73. The first kappa shape index (κ1) is 14.5. The van der Waals surface area contributed by atoms with E-state index in [-0.39, 0.29) is 17.0 Å². The number of hydrogen-bond donors (Lipinski definition) is 0. The Morgan fingerprint density at radius 1 is 1.14 bits per heavy atom. The minimum absolute atomic E-state index is 0.123. The van der Waals surface area contributed by atoms with Gasteiger partial charge in [-0.2, -0.15) is 0 Å². The highest BCUT2D eigenvalue weighted by molar-refractivity contribution is 5.80. The first-order valence-electron chi connectivity index (χ1n) is 6.28. The lowest BCUT2D eigenvalue weighted by atomic mass is 10.2. The van der Waals surface area contributed by atoms with Crippen LogP contribution in [0.25, 0.3) is 0 Å². The van der Waals surface area contributed by atoms with Crippen LogP contribution in [-0.4, -0.2) is 17.8 Å². The maximum Gasteiger partial charge on any atom is 0.270 e. The summed E-state index contributed by atoms with van der Waals surface area (Å²) < 4.78 is 10.9. The number of aldehydes is 1. The highest BCUT2D eigenvalue weighted by atomic mass is 16.6. The van der Waals surface area contributed by atoms with Gasteiger partial charge in [0.25, 0.3) is 5.69 Å². The van der Waals surface area contributed by atoms with Crippen molar-refractivity contribution in [3.8, 4) is 17.2 Å². The minimum Gasteiger partial charge on any atom is -0.494 e. The molecular formula is C15H13NO5. The molecule has 0 aromatic heterocycles. The normalized spacial score (nSPS) is 9.95. The molecule has 0 heterocycles. The molecule has 0 aliphatic carbocycles. The molecule has 2 aromatic carbocycles. The predicted molar refractivity (Wildman–Crippen MR) is 76.2 cm³/mol. The van der Waals surface area contributed by atoms with Gasteiger partial charge in [0.15, 0.2) is 6.29 Å². The molecule has 6 heteroatoms. The Morgan fingerprint density at radius 3 is 2.38 bits per heavy atom. The quantitative estimate of drug-likeness (QED) is 0.461. The van der Waals surface area contributed by atoms with E-state index in [2.05, 4.69) is 0 Å². The second-order valence-corrected chi connectivity index (χ2v) is 4.10. The van der Waals surface area contributed by atoms with Crippen molar-refractivity contribution in [1.82, 2.24) is 0 Å². The van der Waals surface area contributed by atoms with E-state index in [1.165, 1.54) is 18.2 Å².